The van der Waals surface area contributed by atoms with Crippen LogP contribution in [0.1, 0.15) is 45.9 Å². The molecule has 3 aromatic rings. The van der Waals surface area contributed by atoms with Gasteiger partial charge in [0.15, 0.2) is 0 Å². The zero-order valence-corrected chi connectivity index (χ0v) is 18.5. The fraction of sp³-hybridized carbons (Fsp3) is 0.423. The van der Waals surface area contributed by atoms with Crippen LogP contribution in [0.2, 0.25) is 0 Å². The lowest BCUT2D eigenvalue weighted by Gasteiger charge is -2.45. The molecule has 0 amide bonds. The number of piperazine rings is 1. The minimum atomic E-state index is -0.878. The molecule has 2 saturated heterocycles. The van der Waals surface area contributed by atoms with E-state index in [-0.39, 0.29) is 6.04 Å². The topological polar surface area (TPSA) is 68.8 Å². The van der Waals surface area contributed by atoms with Crippen LogP contribution in [0, 0.1) is 12.8 Å². The van der Waals surface area contributed by atoms with Crippen LogP contribution >= 0.6 is 0 Å². The van der Waals surface area contributed by atoms with Crippen molar-refractivity contribution in [3.05, 3.63) is 64.8 Å². The third-order valence-electron chi connectivity index (χ3n) is 7.86. The van der Waals surface area contributed by atoms with E-state index in [1.165, 1.54) is 40.4 Å². The number of carbonyl (C=O) groups is 1. The number of nitrogens with one attached hydrogen (secondary N) is 1. The second-order valence-corrected chi connectivity index (χ2v) is 9.66. The molecule has 6 rings (SSSR count). The average molecular weight is 432 g/mol. The first kappa shape index (κ1) is 19.8. The summed E-state index contributed by atoms with van der Waals surface area (Å²) in [4.78, 5) is 20.0. The van der Waals surface area contributed by atoms with Crippen LogP contribution in [0.4, 0.5) is 0 Å². The van der Waals surface area contributed by atoms with Gasteiger partial charge in [0.05, 0.1) is 12.7 Å². The molecule has 3 fully saturated rings. The minimum absolute atomic E-state index is 0.230. The van der Waals surface area contributed by atoms with Crippen LogP contribution in [-0.4, -0.2) is 58.1 Å². The first-order chi connectivity index (χ1) is 15.5. The number of piperidine rings is 1. The van der Waals surface area contributed by atoms with Gasteiger partial charge in [-0.25, -0.2) is 4.79 Å². The predicted octanol–water partition coefficient (Wildman–Crippen LogP) is 4.20. The summed E-state index contributed by atoms with van der Waals surface area (Å²) < 4.78 is 5.82. The third kappa shape index (κ3) is 3.12. The number of aromatic carboxylic acids is 1. The van der Waals surface area contributed by atoms with Crippen molar-refractivity contribution in [2.24, 2.45) is 5.92 Å². The van der Waals surface area contributed by atoms with E-state index in [1.54, 1.807) is 19.2 Å². The summed E-state index contributed by atoms with van der Waals surface area (Å²) in [6, 6.07) is 13.4. The van der Waals surface area contributed by atoms with Crippen molar-refractivity contribution in [3.63, 3.8) is 0 Å². The Morgan fingerprint density at radius 1 is 1.19 bits per heavy atom. The number of fused-ring (bicyclic) bond motifs is 4. The summed E-state index contributed by atoms with van der Waals surface area (Å²) in [5, 5.41) is 10.5. The molecule has 0 spiro atoms. The molecule has 0 bridgehead atoms. The molecule has 166 valence electrons. The molecule has 1 aliphatic carbocycles. The Balaban J connectivity index is 1.38. The Kier molecular flexibility index (Phi) is 4.56. The van der Waals surface area contributed by atoms with E-state index in [1.807, 2.05) is 18.3 Å². The largest absolute Gasteiger partial charge is 0.496 e. The zero-order chi connectivity index (χ0) is 22.0. The van der Waals surface area contributed by atoms with Gasteiger partial charge in [-0.3, -0.25) is 9.80 Å². The maximum atomic E-state index is 11.4. The van der Waals surface area contributed by atoms with Gasteiger partial charge in [-0.05, 0) is 61.1 Å². The van der Waals surface area contributed by atoms with Crippen molar-refractivity contribution < 1.29 is 14.6 Å². The van der Waals surface area contributed by atoms with Crippen LogP contribution in [-0.2, 0) is 6.54 Å². The Morgan fingerprint density at radius 3 is 2.75 bits per heavy atom. The molecule has 1 aromatic heterocycles. The smallest absolute Gasteiger partial charge is 0.335 e. The molecule has 3 heterocycles. The average Bonchev–Trinajstić information content (AvgIpc) is 3.22. The number of H-pyrrole nitrogens is 1. The van der Waals surface area contributed by atoms with Crippen molar-refractivity contribution in [2.75, 3.05) is 20.2 Å². The molecule has 1 unspecified atom stereocenters. The first-order valence-corrected chi connectivity index (χ1v) is 11.5. The Bertz CT molecular complexity index is 1180. The number of hydrogen-bond donors (Lipinski definition) is 2. The van der Waals surface area contributed by atoms with Crippen molar-refractivity contribution >= 4 is 16.9 Å². The van der Waals surface area contributed by atoms with Crippen molar-refractivity contribution in [3.8, 4) is 5.75 Å². The van der Waals surface area contributed by atoms with Crippen LogP contribution in [0.5, 0.6) is 5.75 Å². The number of rotatable bonds is 5. The summed E-state index contributed by atoms with van der Waals surface area (Å²) in [6.45, 7) is 4.95. The van der Waals surface area contributed by atoms with Gasteiger partial charge >= 0.3 is 5.97 Å². The number of ether oxygens (including phenoxy) is 1. The van der Waals surface area contributed by atoms with E-state index in [2.05, 4.69) is 33.8 Å². The normalized spacial score (nSPS) is 27.3. The fourth-order valence-electron chi connectivity index (χ4n) is 6.15. The lowest BCUT2D eigenvalue weighted by atomic mass is 9.96. The summed E-state index contributed by atoms with van der Waals surface area (Å²) in [5.41, 5.74) is 5.11. The van der Waals surface area contributed by atoms with Crippen LogP contribution < -0.4 is 4.74 Å². The molecule has 1 saturated carbocycles. The van der Waals surface area contributed by atoms with Gasteiger partial charge in [0.2, 0.25) is 0 Å². The van der Waals surface area contributed by atoms with E-state index < -0.39 is 5.97 Å². The van der Waals surface area contributed by atoms with E-state index in [9.17, 15) is 9.90 Å². The van der Waals surface area contributed by atoms with Gasteiger partial charge in [0.25, 0.3) is 0 Å². The van der Waals surface area contributed by atoms with Crippen LogP contribution in [0.25, 0.3) is 10.9 Å². The van der Waals surface area contributed by atoms with Crippen molar-refractivity contribution in [1.29, 1.82) is 0 Å². The van der Waals surface area contributed by atoms with Crippen molar-refractivity contribution in [2.45, 2.75) is 44.4 Å². The molecule has 2 aromatic carbocycles. The van der Waals surface area contributed by atoms with E-state index >= 15 is 0 Å². The second kappa shape index (κ2) is 7.36. The monoisotopic (exact) mass is 431 g/mol. The maximum Gasteiger partial charge on any atom is 0.335 e. The lowest BCUT2D eigenvalue weighted by molar-refractivity contribution is 0.0312. The number of carboxylic acid groups (broad SMARTS) is 1. The Labute approximate surface area is 187 Å². The van der Waals surface area contributed by atoms with Gasteiger partial charge in [-0.15, -0.1) is 0 Å². The minimum Gasteiger partial charge on any atom is -0.496 e. The highest BCUT2D eigenvalue weighted by Gasteiger charge is 2.54. The SMILES string of the molecule is COc1cc(C)c2[nH]ccc2c1CN1C[C@@H]2C[C@@H]3C[C@@H]3N2CC1c1ccc(C(=O)O)cc1. The molecule has 32 heavy (non-hydrogen) atoms. The van der Waals surface area contributed by atoms with Crippen LogP contribution in [0.15, 0.2) is 42.6 Å². The second-order valence-electron chi connectivity index (χ2n) is 9.66. The van der Waals surface area contributed by atoms with Gasteiger partial charge < -0.3 is 14.8 Å². The van der Waals surface area contributed by atoms with Crippen molar-refractivity contribution in [1.82, 2.24) is 14.8 Å². The Hall–Kier alpha value is -2.83. The standard InChI is InChI=1S/C26H29N3O3/c1-15-9-24(32-2)21(20-7-8-27-25(15)20)13-28-12-19-10-18-11-22(18)29(19)14-23(28)16-3-5-17(6-4-16)26(30)31/h3-9,18-19,22-23,27H,10-14H2,1-2H3,(H,30,31)/t18-,19+,22+,23?/m1/s1. The molecular weight excluding hydrogens is 402 g/mol. The number of carboxylic acids is 1. The van der Waals surface area contributed by atoms with Gasteiger partial charge in [0.1, 0.15) is 5.75 Å². The van der Waals surface area contributed by atoms with E-state index in [4.69, 9.17) is 4.74 Å². The molecular formula is C26H29N3O3. The fourth-order valence-corrected chi connectivity index (χ4v) is 6.15. The number of methoxy groups -OCH3 is 1. The highest BCUT2D eigenvalue weighted by Crippen LogP contribution is 2.51. The van der Waals surface area contributed by atoms with Crippen LogP contribution in [0.3, 0.4) is 0 Å². The summed E-state index contributed by atoms with van der Waals surface area (Å²) in [5.74, 6) is 0.934. The van der Waals surface area contributed by atoms with E-state index in [0.29, 0.717) is 11.6 Å². The first-order valence-electron chi connectivity index (χ1n) is 11.5. The molecule has 3 aliphatic rings. The van der Waals surface area contributed by atoms with E-state index in [0.717, 1.165) is 37.3 Å². The summed E-state index contributed by atoms with van der Waals surface area (Å²) >= 11 is 0. The number of nitrogens with zero attached hydrogens (tertiary/aromatic N) is 2. The van der Waals surface area contributed by atoms with Gasteiger partial charge in [-0.2, -0.15) is 0 Å². The summed E-state index contributed by atoms with van der Waals surface area (Å²) in [7, 11) is 1.75. The summed E-state index contributed by atoms with van der Waals surface area (Å²) in [6.07, 6.45) is 4.65. The number of aryl methyl sites for hydroxylation is 1. The molecule has 2 aliphatic heterocycles. The number of hydrogen-bond acceptors (Lipinski definition) is 4. The van der Waals surface area contributed by atoms with Gasteiger partial charge in [-0.1, -0.05) is 12.1 Å². The number of benzene rings is 2. The highest BCUT2D eigenvalue weighted by molar-refractivity contribution is 5.88. The molecule has 2 N–H and O–H groups in total. The quantitative estimate of drug-likeness (QED) is 0.634. The number of aromatic nitrogens is 1. The molecule has 6 nitrogen and oxygen atoms in total. The zero-order valence-electron chi connectivity index (χ0n) is 18.5. The highest BCUT2D eigenvalue weighted by atomic mass is 16.5. The molecule has 0 radical (unpaired) electrons. The molecule has 6 heteroatoms. The maximum absolute atomic E-state index is 11.4. The third-order valence-corrected chi connectivity index (χ3v) is 7.86. The lowest BCUT2D eigenvalue weighted by Crippen LogP contribution is -2.52. The predicted molar refractivity (Wildman–Crippen MR) is 123 cm³/mol. The molecule has 4 atom stereocenters. The number of aromatic amines is 1. The Morgan fingerprint density at radius 2 is 2.00 bits per heavy atom. The van der Waals surface area contributed by atoms with Gasteiger partial charge in [0, 0.05) is 60.4 Å².